The maximum Gasteiger partial charge on any atom is 0.302 e. The number of rotatable bonds is 3. The van der Waals surface area contributed by atoms with E-state index in [1.54, 1.807) is 0 Å². The maximum absolute atomic E-state index is 13.5. The standard InChI is InChI=1S/C25H31O3P/c26-17-29(27)24-14-8-7-13-21(24)23-16-20(18-9-3-1-4-10-18)15-22(25(23)28-29)19-11-5-2-6-12-19/h7-8,13-16,18-19,26H,1-6,9-12,17H2. The average Bonchev–Trinajstić information content (AvgIpc) is 2.80. The van der Waals surface area contributed by atoms with E-state index in [4.69, 9.17) is 4.52 Å². The lowest BCUT2D eigenvalue weighted by molar-refractivity contribution is 0.338. The van der Waals surface area contributed by atoms with E-state index in [1.165, 1.54) is 75.3 Å². The topological polar surface area (TPSA) is 46.5 Å². The second-order valence-corrected chi connectivity index (χ2v) is 11.4. The van der Waals surface area contributed by atoms with Gasteiger partial charge in [-0.05, 0) is 66.3 Å². The Morgan fingerprint density at radius 1 is 0.862 bits per heavy atom. The first-order valence-electron chi connectivity index (χ1n) is 11.4. The van der Waals surface area contributed by atoms with Crippen molar-refractivity contribution in [3.63, 3.8) is 0 Å². The Bertz CT molecular complexity index is 939. The molecular formula is C25H31O3P. The van der Waals surface area contributed by atoms with Crippen LogP contribution in [-0.2, 0) is 4.57 Å². The first-order valence-corrected chi connectivity index (χ1v) is 13.2. The van der Waals surface area contributed by atoms with Crippen molar-refractivity contribution in [3.8, 4) is 16.9 Å². The zero-order chi connectivity index (χ0) is 19.8. The summed E-state index contributed by atoms with van der Waals surface area (Å²) in [7, 11) is -3.29. The van der Waals surface area contributed by atoms with Gasteiger partial charge in [0.1, 0.15) is 12.1 Å². The van der Waals surface area contributed by atoms with Crippen LogP contribution in [0.1, 0.15) is 87.2 Å². The molecule has 0 radical (unpaired) electrons. The lowest BCUT2D eigenvalue weighted by Crippen LogP contribution is -2.22. The second kappa shape index (κ2) is 7.93. The van der Waals surface area contributed by atoms with Gasteiger partial charge in [0.05, 0.1) is 5.30 Å². The summed E-state index contributed by atoms with van der Waals surface area (Å²) < 4.78 is 19.8. The monoisotopic (exact) mass is 410 g/mol. The van der Waals surface area contributed by atoms with Gasteiger partial charge in [-0.2, -0.15) is 0 Å². The smallest absolute Gasteiger partial charge is 0.302 e. The number of hydrogen-bond acceptors (Lipinski definition) is 3. The summed E-state index contributed by atoms with van der Waals surface area (Å²) in [6, 6.07) is 12.5. The molecule has 3 aliphatic rings. The van der Waals surface area contributed by atoms with Crippen molar-refractivity contribution < 1.29 is 14.2 Å². The van der Waals surface area contributed by atoms with Crippen molar-refractivity contribution in [3.05, 3.63) is 47.5 Å². The third kappa shape index (κ3) is 3.47. The lowest BCUT2D eigenvalue weighted by Gasteiger charge is -2.34. The molecule has 2 aromatic rings. The van der Waals surface area contributed by atoms with E-state index >= 15 is 0 Å². The van der Waals surface area contributed by atoms with E-state index in [-0.39, 0.29) is 0 Å². The summed E-state index contributed by atoms with van der Waals surface area (Å²) in [5.41, 5.74) is 4.75. The zero-order valence-corrected chi connectivity index (χ0v) is 18.0. The van der Waals surface area contributed by atoms with Gasteiger partial charge in [0.25, 0.3) is 0 Å². The highest BCUT2D eigenvalue weighted by molar-refractivity contribution is 7.67. The van der Waals surface area contributed by atoms with Crippen molar-refractivity contribution in [2.24, 2.45) is 0 Å². The van der Waals surface area contributed by atoms with E-state index in [0.717, 1.165) is 16.9 Å². The van der Waals surface area contributed by atoms with Gasteiger partial charge < -0.3 is 9.63 Å². The summed E-state index contributed by atoms with van der Waals surface area (Å²) in [5, 5.41) is 10.7. The minimum absolute atomic E-state index is 0.446. The molecular weight excluding hydrogens is 379 g/mol. The van der Waals surface area contributed by atoms with Crippen LogP contribution in [0.25, 0.3) is 11.1 Å². The van der Waals surface area contributed by atoms with Crippen LogP contribution < -0.4 is 9.83 Å². The van der Waals surface area contributed by atoms with E-state index in [1.807, 2.05) is 24.3 Å². The number of hydrogen-bond donors (Lipinski definition) is 1. The van der Waals surface area contributed by atoms with Gasteiger partial charge in [0.15, 0.2) is 0 Å². The maximum atomic E-state index is 13.5. The number of benzene rings is 2. The quantitative estimate of drug-likeness (QED) is 0.573. The molecule has 0 aromatic heterocycles. The molecule has 3 nitrogen and oxygen atoms in total. The third-order valence-electron chi connectivity index (χ3n) is 7.25. The Labute approximate surface area is 173 Å². The summed E-state index contributed by atoms with van der Waals surface area (Å²) in [6.45, 7) is 0. The number of aliphatic hydroxyl groups excluding tert-OH is 1. The Morgan fingerprint density at radius 3 is 2.21 bits per heavy atom. The minimum atomic E-state index is -3.29. The van der Waals surface area contributed by atoms with Crippen LogP contribution in [0.5, 0.6) is 5.75 Å². The third-order valence-corrected chi connectivity index (χ3v) is 9.22. The van der Waals surface area contributed by atoms with Crippen molar-refractivity contribution >= 4 is 12.7 Å². The van der Waals surface area contributed by atoms with Crippen LogP contribution in [0.3, 0.4) is 0 Å². The molecule has 2 aromatic carbocycles. The molecule has 154 valence electrons. The molecule has 2 fully saturated rings. The Kier molecular flexibility index (Phi) is 5.30. The highest BCUT2D eigenvalue weighted by atomic mass is 31.2. The van der Waals surface area contributed by atoms with Crippen LogP contribution in [0.15, 0.2) is 36.4 Å². The largest absolute Gasteiger partial charge is 0.437 e. The van der Waals surface area contributed by atoms with E-state index < -0.39 is 13.7 Å². The van der Waals surface area contributed by atoms with E-state index in [9.17, 15) is 9.67 Å². The molecule has 0 bridgehead atoms. The van der Waals surface area contributed by atoms with Gasteiger partial charge >= 0.3 is 7.37 Å². The molecule has 1 atom stereocenters. The number of aliphatic hydroxyl groups is 1. The summed E-state index contributed by atoms with van der Waals surface area (Å²) >= 11 is 0. The predicted molar refractivity (Wildman–Crippen MR) is 118 cm³/mol. The van der Waals surface area contributed by atoms with Gasteiger partial charge in [-0.15, -0.1) is 0 Å². The fourth-order valence-corrected chi connectivity index (χ4v) is 7.35. The van der Waals surface area contributed by atoms with Gasteiger partial charge in [-0.3, -0.25) is 4.57 Å². The van der Waals surface area contributed by atoms with Crippen molar-refractivity contribution in [2.45, 2.75) is 76.0 Å². The summed E-state index contributed by atoms with van der Waals surface area (Å²) in [6.07, 6.45) is 12.2. The van der Waals surface area contributed by atoms with E-state index in [2.05, 4.69) is 12.1 Å². The molecule has 0 spiro atoms. The molecule has 1 heterocycles. The minimum Gasteiger partial charge on any atom is -0.437 e. The fourth-order valence-electron chi connectivity index (χ4n) is 5.67. The molecule has 1 unspecified atom stereocenters. The lowest BCUT2D eigenvalue weighted by atomic mass is 9.78. The van der Waals surface area contributed by atoms with Crippen LogP contribution >= 0.6 is 7.37 Å². The SMILES string of the molecule is O=P1(CO)Oc2c(cc(C3CCCCC3)cc2C2CCCCC2)-c2ccccc21. The molecule has 1 N–H and O–H groups in total. The van der Waals surface area contributed by atoms with Crippen LogP contribution in [0.2, 0.25) is 0 Å². The Balaban J connectivity index is 1.70. The van der Waals surface area contributed by atoms with Crippen molar-refractivity contribution in [1.29, 1.82) is 0 Å². The summed E-state index contributed by atoms with van der Waals surface area (Å²) in [4.78, 5) is 0. The van der Waals surface area contributed by atoms with Crippen molar-refractivity contribution in [2.75, 3.05) is 6.35 Å². The predicted octanol–water partition coefficient (Wildman–Crippen LogP) is 6.69. The van der Waals surface area contributed by atoms with Crippen LogP contribution in [0, 0.1) is 0 Å². The molecule has 5 rings (SSSR count). The van der Waals surface area contributed by atoms with Crippen molar-refractivity contribution in [1.82, 2.24) is 0 Å². The Morgan fingerprint density at radius 2 is 1.52 bits per heavy atom. The molecule has 0 saturated heterocycles. The normalized spacial score (nSPS) is 25.1. The fraction of sp³-hybridized carbons (Fsp3) is 0.520. The molecule has 0 amide bonds. The van der Waals surface area contributed by atoms with Gasteiger partial charge in [-0.25, -0.2) is 0 Å². The first kappa shape index (κ1) is 19.4. The molecule has 2 aliphatic carbocycles. The molecule has 1 aliphatic heterocycles. The average molecular weight is 410 g/mol. The molecule has 2 saturated carbocycles. The zero-order valence-electron chi connectivity index (χ0n) is 17.1. The number of fused-ring (bicyclic) bond motifs is 3. The van der Waals surface area contributed by atoms with Crippen LogP contribution in [0.4, 0.5) is 0 Å². The Hall–Kier alpha value is -1.57. The highest BCUT2D eigenvalue weighted by Gasteiger charge is 2.38. The molecule has 4 heteroatoms. The first-order chi connectivity index (χ1) is 14.2. The molecule has 29 heavy (non-hydrogen) atoms. The van der Waals surface area contributed by atoms with E-state index in [0.29, 0.717) is 17.1 Å². The van der Waals surface area contributed by atoms with Gasteiger partial charge in [0.2, 0.25) is 0 Å². The second-order valence-electron chi connectivity index (χ2n) is 9.08. The van der Waals surface area contributed by atoms with Gasteiger partial charge in [0, 0.05) is 5.56 Å². The van der Waals surface area contributed by atoms with Gasteiger partial charge in [-0.1, -0.05) is 62.8 Å². The summed E-state index contributed by atoms with van der Waals surface area (Å²) in [5.74, 6) is 1.88. The highest BCUT2D eigenvalue weighted by Crippen LogP contribution is 2.57. The van der Waals surface area contributed by atoms with Crippen LogP contribution in [-0.4, -0.2) is 11.5 Å².